The Bertz CT molecular complexity index is 291. The van der Waals surface area contributed by atoms with Crippen LogP contribution in [0, 0.1) is 5.92 Å². The van der Waals surface area contributed by atoms with Gasteiger partial charge in [0.25, 0.3) is 0 Å². The van der Waals surface area contributed by atoms with E-state index >= 15 is 0 Å². The minimum atomic E-state index is -0.466. The van der Waals surface area contributed by atoms with E-state index in [1.54, 1.807) is 11.9 Å². The molecule has 2 heterocycles. The Morgan fingerprint density at radius 2 is 2.19 bits per heavy atom. The summed E-state index contributed by atoms with van der Waals surface area (Å²) in [5.41, 5.74) is 0. The van der Waals surface area contributed by atoms with Gasteiger partial charge in [-0.1, -0.05) is 0 Å². The van der Waals surface area contributed by atoms with Crippen molar-refractivity contribution in [3.8, 4) is 0 Å². The summed E-state index contributed by atoms with van der Waals surface area (Å²) in [6, 6.07) is -0.466. The molecule has 2 N–H and O–H groups in total. The SMILES string of the molecule is CNC(=O)C1COCCN1C(=O)C1CNC1. The van der Waals surface area contributed by atoms with Crippen molar-refractivity contribution in [2.45, 2.75) is 6.04 Å². The van der Waals surface area contributed by atoms with Gasteiger partial charge in [-0.25, -0.2) is 0 Å². The minimum Gasteiger partial charge on any atom is -0.377 e. The lowest BCUT2D eigenvalue weighted by Gasteiger charge is -2.38. The summed E-state index contributed by atoms with van der Waals surface area (Å²) in [6.07, 6.45) is 0. The van der Waals surface area contributed by atoms with Crippen molar-refractivity contribution in [2.24, 2.45) is 5.92 Å². The maximum Gasteiger partial charge on any atom is 0.244 e. The monoisotopic (exact) mass is 227 g/mol. The summed E-state index contributed by atoms with van der Waals surface area (Å²) in [7, 11) is 1.57. The average Bonchev–Trinajstić information content (AvgIpc) is 2.25. The van der Waals surface area contributed by atoms with E-state index < -0.39 is 6.04 Å². The molecule has 0 aromatic heterocycles. The third-order valence-electron chi connectivity index (χ3n) is 3.09. The van der Waals surface area contributed by atoms with Gasteiger partial charge in [0.2, 0.25) is 11.8 Å². The fraction of sp³-hybridized carbons (Fsp3) is 0.800. The van der Waals surface area contributed by atoms with Crippen LogP contribution in [0.5, 0.6) is 0 Å². The second kappa shape index (κ2) is 4.80. The second-order valence-electron chi connectivity index (χ2n) is 4.09. The predicted octanol–water partition coefficient (Wildman–Crippen LogP) is -1.82. The molecule has 1 atom stereocenters. The van der Waals surface area contributed by atoms with E-state index in [0.717, 1.165) is 13.1 Å². The van der Waals surface area contributed by atoms with Crippen LogP contribution in [0.1, 0.15) is 0 Å². The third kappa shape index (κ3) is 2.03. The topological polar surface area (TPSA) is 70.7 Å². The fourth-order valence-electron chi connectivity index (χ4n) is 1.95. The number of ether oxygens (including phenoxy) is 1. The van der Waals surface area contributed by atoms with Crippen LogP contribution in [0.25, 0.3) is 0 Å². The number of rotatable bonds is 2. The fourth-order valence-corrected chi connectivity index (χ4v) is 1.95. The van der Waals surface area contributed by atoms with Crippen molar-refractivity contribution in [2.75, 3.05) is 39.9 Å². The molecule has 2 saturated heterocycles. The summed E-state index contributed by atoms with van der Waals surface area (Å²) in [4.78, 5) is 25.3. The molecule has 0 saturated carbocycles. The molecule has 0 aromatic rings. The Balaban J connectivity index is 2.03. The van der Waals surface area contributed by atoms with Gasteiger partial charge >= 0.3 is 0 Å². The molecule has 2 fully saturated rings. The highest BCUT2D eigenvalue weighted by Crippen LogP contribution is 2.14. The van der Waals surface area contributed by atoms with Gasteiger partial charge in [-0.2, -0.15) is 0 Å². The van der Waals surface area contributed by atoms with Crippen LogP contribution in [0.3, 0.4) is 0 Å². The molecule has 0 bridgehead atoms. The molecule has 6 nitrogen and oxygen atoms in total. The Kier molecular flexibility index (Phi) is 3.40. The molecule has 0 aromatic carbocycles. The van der Waals surface area contributed by atoms with E-state index in [0.29, 0.717) is 19.8 Å². The van der Waals surface area contributed by atoms with E-state index in [9.17, 15) is 9.59 Å². The summed E-state index contributed by atoms with van der Waals surface area (Å²) in [5, 5.41) is 5.63. The number of carbonyl (C=O) groups is 2. The van der Waals surface area contributed by atoms with E-state index in [-0.39, 0.29) is 17.7 Å². The number of hydrogen-bond donors (Lipinski definition) is 2. The maximum atomic E-state index is 12.1. The van der Waals surface area contributed by atoms with E-state index in [1.165, 1.54) is 0 Å². The number of morpholine rings is 1. The van der Waals surface area contributed by atoms with Crippen LogP contribution in [0.15, 0.2) is 0 Å². The van der Waals surface area contributed by atoms with Crippen LogP contribution in [-0.2, 0) is 14.3 Å². The van der Waals surface area contributed by atoms with Gasteiger partial charge in [-0.05, 0) is 0 Å². The zero-order valence-electron chi connectivity index (χ0n) is 9.36. The average molecular weight is 227 g/mol. The lowest BCUT2D eigenvalue weighted by Crippen LogP contribution is -2.60. The molecule has 16 heavy (non-hydrogen) atoms. The predicted molar refractivity (Wildman–Crippen MR) is 56.7 cm³/mol. The first-order valence-electron chi connectivity index (χ1n) is 5.54. The number of hydrogen-bond acceptors (Lipinski definition) is 4. The summed E-state index contributed by atoms with van der Waals surface area (Å²) in [6.45, 7) is 2.76. The molecule has 2 amide bonds. The molecule has 6 heteroatoms. The van der Waals surface area contributed by atoms with Crippen molar-refractivity contribution >= 4 is 11.8 Å². The molecule has 0 spiro atoms. The molecule has 1 unspecified atom stereocenters. The van der Waals surface area contributed by atoms with Crippen molar-refractivity contribution in [3.05, 3.63) is 0 Å². The third-order valence-corrected chi connectivity index (χ3v) is 3.09. The van der Waals surface area contributed by atoms with Crippen LogP contribution in [-0.4, -0.2) is 62.7 Å². The van der Waals surface area contributed by atoms with E-state index in [4.69, 9.17) is 4.74 Å². The van der Waals surface area contributed by atoms with Gasteiger partial charge < -0.3 is 20.3 Å². The van der Waals surface area contributed by atoms with Crippen LogP contribution < -0.4 is 10.6 Å². The Morgan fingerprint density at radius 1 is 1.44 bits per heavy atom. The van der Waals surface area contributed by atoms with Gasteiger partial charge in [0.15, 0.2) is 0 Å². The standard InChI is InChI=1S/C10H17N3O3/c1-11-9(14)8-6-16-3-2-13(8)10(15)7-4-12-5-7/h7-8,12H,2-6H2,1H3,(H,11,14). The first-order chi connectivity index (χ1) is 7.74. The first kappa shape index (κ1) is 11.3. The van der Waals surface area contributed by atoms with Crippen LogP contribution >= 0.6 is 0 Å². The van der Waals surface area contributed by atoms with Crippen LogP contribution in [0.4, 0.5) is 0 Å². The number of nitrogens with one attached hydrogen (secondary N) is 2. The number of amides is 2. The van der Waals surface area contributed by atoms with E-state index in [2.05, 4.69) is 10.6 Å². The molecule has 2 aliphatic heterocycles. The van der Waals surface area contributed by atoms with Gasteiger partial charge in [0.05, 0.1) is 19.1 Å². The molecule has 0 radical (unpaired) electrons. The number of nitrogens with zero attached hydrogens (tertiary/aromatic N) is 1. The first-order valence-corrected chi connectivity index (χ1v) is 5.54. The number of likely N-dealkylation sites (N-methyl/N-ethyl adjacent to an activating group) is 1. The van der Waals surface area contributed by atoms with Gasteiger partial charge in [0, 0.05) is 26.7 Å². The lowest BCUT2D eigenvalue weighted by molar-refractivity contribution is -0.152. The normalized spacial score (nSPS) is 26.1. The molecule has 2 rings (SSSR count). The molecule has 2 aliphatic rings. The molecular formula is C10H17N3O3. The van der Waals surface area contributed by atoms with Crippen molar-refractivity contribution in [1.82, 2.24) is 15.5 Å². The highest BCUT2D eigenvalue weighted by Gasteiger charge is 2.37. The maximum absolute atomic E-state index is 12.1. The van der Waals surface area contributed by atoms with Crippen molar-refractivity contribution < 1.29 is 14.3 Å². The number of carbonyl (C=O) groups excluding carboxylic acids is 2. The van der Waals surface area contributed by atoms with E-state index in [1.807, 2.05) is 0 Å². The lowest BCUT2D eigenvalue weighted by atomic mass is 10.00. The smallest absolute Gasteiger partial charge is 0.244 e. The minimum absolute atomic E-state index is 0.0326. The quantitative estimate of drug-likeness (QED) is 0.583. The highest BCUT2D eigenvalue weighted by molar-refractivity contribution is 5.89. The van der Waals surface area contributed by atoms with Gasteiger partial charge in [-0.3, -0.25) is 9.59 Å². The summed E-state index contributed by atoms with van der Waals surface area (Å²) >= 11 is 0. The summed E-state index contributed by atoms with van der Waals surface area (Å²) < 4.78 is 5.25. The highest BCUT2D eigenvalue weighted by atomic mass is 16.5. The zero-order valence-corrected chi connectivity index (χ0v) is 9.36. The Labute approximate surface area is 94.3 Å². The second-order valence-corrected chi connectivity index (χ2v) is 4.09. The molecule has 90 valence electrons. The largest absolute Gasteiger partial charge is 0.377 e. The summed E-state index contributed by atoms with van der Waals surface area (Å²) in [5.74, 6) is -0.0544. The van der Waals surface area contributed by atoms with Crippen molar-refractivity contribution in [3.63, 3.8) is 0 Å². The Hall–Kier alpha value is -1.14. The zero-order chi connectivity index (χ0) is 11.5. The van der Waals surface area contributed by atoms with Gasteiger partial charge in [0.1, 0.15) is 6.04 Å². The Morgan fingerprint density at radius 3 is 2.75 bits per heavy atom. The van der Waals surface area contributed by atoms with Crippen LogP contribution in [0.2, 0.25) is 0 Å². The van der Waals surface area contributed by atoms with Crippen molar-refractivity contribution in [1.29, 1.82) is 0 Å². The molecule has 0 aliphatic carbocycles. The van der Waals surface area contributed by atoms with Gasteiger partial charge in [-0.15, -0.1) is 0 Å². The molecular weight excluding hydrogens is 210 g/mol.